The quantitative estimate of drug-likeness (QED) is 0.174. The van der Waals surface area contributed by atoms with Crippen molar-refractivity contribution in [1.29, 1.82) is 0 Å². The van der Waals surface area contributed by atoms with E-state index < -0.39 is 0 Å². The minimum Gasteiger partial charge on any atom is -0.452 e. The molecule has 1 spiro atoms. The van der Waals surface area contributed by atoms with Crippen LogP contribution in [-0.4, -0.2) is 5.71 Å². The van der Waals surface area contributed by atoms with Crippen LogP contribution in [0.2, 0.25) is 0 Å². The number of hydrogen-bond donors (Lipinski definition) is 1. The van der Waals surface area contributed by atoms with Crippen LogP contribution in [0.3, 0.4) is 0 Å². The van der Waals surface area contributed by atoms with Gasteiger partial charge in [0.15, 0.2) is 5.76 Å². The molecule has 0 radical (unpaired) electrons. The van der Waals surface area contributed by atoms with Gasteiger partial charge in [0.25, 0.3) is 0 Å². The third kappa shape index (κ3) is 4.74. The highest BCUT2D eigenvalue weighted by atomic mass is 16.3. The normalized spacial score (nSPS) is 13.4. The van der Waals surface area contributed by atoms with Gasteiger partial charge in [0.05, 0.1) is 17.6 Å². The van der Waals surface area contributed by atoms with Crippen molar-refractivity contribution in [3.63, 3.8) is 0 Å². The van der Waals surface area contributed by atoms with Crippen molar-refractivity contribution in [1.82, 2.24) is 0 Å². The highest BCUT2D eigenvalue weighted by molar-refractivity contribution is 6.17. The van der Waals surface area contributed by atoms with Crippen molar-refractivity contribution in [3.8, 4) is 44.5 Å². The summed E-state index contributed by atoms with van der Waals surface area (Å²) in [4.78, 5) is 5.06. The van der Waals surface area contributed by atoms with E-state index in [1.807, 2.05) is 42.5 Å². The first-order valence-corrected chi connectivity index (χ1v) is 19.2. The molecule has 2 aliphatic carbocycles. The Morgan fingerprint density at radius 3 is 1.77 bits per heavy atom. The fourth-order valence-electron chi connectivity index (χ4n) is 9.37. The Hall–Kier alpha value is -7.23. The minimum absolute atomic E-state index is 0.378. The highest BCUT2D eigenvalue weighted by Gasteiger charge is 2.51. The Labute approximate surface area is 326 Å². The van der Waals surface area contributed by atoms with Gasteiger partial charge >= 0.3 is 0 Å². The van der Waals surface area contributed by atoms with Crippen LogP contribution in [0.4, 0.5) is 5.69 Å². The molecule has 1 aromatic heterocycles. The largest absolute Gasteiger partial charge is 0.452 e. The van der Waals surface area contributed by atoms with Crippen molar-refractivity contribution in [2.24, 2.45) is 4.99 Å². The summed E-state index contributed by atoms with van der Waals surface area (Å²) in [6.07, 6.45) is 0. The number of rotatable bonds is 6. The van der Waals surface area contributed by atoms with E-state index in [1.54, 1.807) is 0 Å². The summed E-state index contributed by atoms with van der Waals surface area (Å²) in [5, 5.41) is 0.876. The highest BCUT2D eigenvalue weighted by Crippen LogP contribution is 2.63. The molecule has 264 valence electrons. The zero-order valence-corrected chi connectivity index (χ0v) is 30.6. The Bertz CT molecular complexity index is 2960. The molecule has 56 heavy (non-hydrogen) atoms. The fourth-order valence-corrected chi connectivity index (χ4v) is 9.37. The molecule has 2 aliphatic rings. The lowest BCUT2D eigenvalue weighted by Gasteiger charge is -2.30. The molecule has 0 atom stereocenters. The van der Waals surface area contributed by atoms with E-state index in [0.29, 0.717) is 18.0 Å². The van der Waals surface area contributed by atoms with Crippen LogP contribution in [-0.2, 0) is 12.0 Å². The summed E-state index contributed by atoms with van der Waals surface area (Å²) in [6, 6.07) is 69.4. The van der Waals surface area contributed by atoms with Gasteiger partial charge in [-0.05, 0) is 90.5 Å². The first-order valence-electron chi connectivity index (χ1n) is 19.2. The molecule has 1 heterocycles. The number of nitrogens with two attached hydrogens (primary N) is 1. The molecule has 0 fully saturated rings. The summed E-state index contributed by atoms with van der Waals surface area (Å²) in [6.45, 7) is 0.521. The predicted octanol–water partition coefficient (Wildman–Crippen LogP) is 12.7. The molecule has 0 saturated carbocycles. The Kier molecular flexibility index (Phi) is 7.30. The number of anilines is 1. The fraction of sp³-hybridized carbons (Fsp3) is 0.0377. The van der Waals surface area contributed by atoms with Crippen LogP contribution in [0.25, 0.3) is 55.5 Å². The van der Waals surface area contributed by atoms with Gasteiger partial charge in [0, 0.05) is 10.9 Å². The van der Waals surface area contributed by atoms with Crippen LogP contribution >= 0.6 is 0 Å². The first kappa shape index (κ1) is 32.2. The predicted molar refractivity (Wildman–Crippen MR) is 230 cm³/mol. The van der Waals surface area contributed by atoms with Crippen molar-refractivity contribution in [2.45, 2.75) is 12.0 Å². The van der Waals surface area contributed by atoms with Crippen molar-refractivity contribution in [3.05, 3.63) is 233 Å². The molecule has 2 N–H and O–H groups in total. The molecule has 8 aromatic carbocycles. The number of aliphatic imine (C=N–C) groups is 1. The molecule has 3 heteroatoms. The first-order chi connectivity index (χ1) is 27.7. The second-order valence-corrected chi connectivity index (χ2v) is 14.8. The molecule has 11 rings (SSSR count). The number of benzene rings is 8. The van der Waals surface area contributed by atoms with Crippen LogP contribution in [0.15, 0.2) is 204 Å². The zero-order chi connectivity index (χ0) is 37.2. The third-order valence-corrected chi connectivity index (χ3v) is 11.8. The van der Waals surface area contributed by atoms with E-state index in [-0.39, 0.29) is 5.41 Å². The molecule has 0 amide bonds. The van der Waals surface area contributed by atoms with Gasteiger partial charge in [-0.15, -0.1) is 0 Å². The minimum atomic E-state index is -0.378. The maximum Gasteiger partial charge on any atom is 0.176 e. The maximum atomic E-state index is 6.97. The van der Waals surface area contributed by atoms with Crippen LogP contribution in [0.1, 0.15) is 39.1 Å². The number of hydrogen-bond acceptors (Lipinski definition) is 3. The van der Waals surface area contributed by atoms with Crippen LogP contribution in [0, 0.1) is 0 Å². The lowest BCUT2D eigenvalue weighted by Crippen LogP contribution is -2.25. The second kappa shape index (κ2) is 12.7. The van der Waals surface area contributed by atoms with Gasteiger partial charge in [-0.2, -0.15) is 0 Å². The van der Waals surface area contributed by atoms with Crippen molar-refractivity contribution in [2.75, 3.05) is 5.73 Å². The van der Waals surface area contributed by atoms with Gasteiger partial charge in [-0.25, -0.2) is 0 Å². The number of nitrogens with zero attached hydrogens (tertiary/aromatic N) is 1. The lowest BCUT2D eigenvalue weighted by molar-refractivity contribution is 0.606. The van der Waals surface area contributed by atoms with Gasteiger partial charge in [0.1, 0.15) is 11.3 Å². The smallest absolute Gasteiger partial charge is 0.176 e. The molecule has 0 saturated heterocycles. The Balaban J connectivity index is 1.03. The monoisotopic (exact) mass is 716 g/mol. The summed E-state index contributed by atoms with van der Waals surface area (Å²) < 4.78 is 6.51. The van der Waals surface area contributed by atoms with Crippen molar-refractivity contribution >= 4 is 22.4 Å². The average molecular weight is 717 g/mol. The number of fused-ring (bicyclic) bond motifs is 11. The Morgan fingerprint density at radius 2 is 1.04 bits per heavy atom. The van der Waals surface area contributed by atoms with Gasteiger partial charge in [-0.3, -0.25) is 4.99 Å². The van der Waals surface area contributed by atoms with E-state index in [0.717, 1.165) is 38.9 Å². The lowest BCUT2D eigenvalue weighted by atomic mass is 9.70. The van der Waals surface area contributed by atoms with E-state index >= 15 is 0 Å². The van der Waals surface area contributed by atoms with Crippen molar-refractivity contribution < 1.29 is 4.42 Å². The summed E-state index contributed by atoms with van der Waals surface area (Å²) in [5.41, 5.74) is 25.9. The molecule has 0 bridgehead atoms. The molecular weight excluding hydrogens is 681 g/mol. The van der Waals surface area contributed by atoms with E-state index in [9.17, 15) is 0 Å². The summed E-state index contributed by atoms with van der Waals surface area (Å²) in [5.74, 6) is 0.593. The standard InChI is InChI=1S/C53H36N2O/c54-50-43-32-37(29-30-48(43)56-52(50)51(35-17-5-2-6-18-35)55-33-34-15-3-1-4-16-34)36-19-13-20-38(31-36)39-24-14-28-47-49(39)42-23-9-12-27-46(42)53(47)44-25-10-7-21-40(44)41-22-8-11-26-45(41)53/h1-32H,33,54H2/b55-51-. The summed E-state index contributed by atoms with van der Waals surface area (Å²) >= 11 is 0. The molecule has 0 unspecified atom stereocenters. The van der Waals surface area contributed by atoms with Crippen LogP contribution in [0.5, 0.6) is 0 Å². The topological polar surface area (TPSA) is 51.5 Å². The van der Waals surface area contributed by atoms with E-state index in [4.69, 9.17) is 15.1 Å². The zero-order valence-electron chi connectivity index (χ0n) is 30.6. The third-order valence-electron chi connectivity index (χ3n) is 11.8. The molecule has 0 aliphatic heterocycles. The number of furan rings is 1. The maximum absolute atomic E-state index is 6.97. The number of nitrogen functional groups attached to an aromatic ring is 1. The second-order valence-electron chi connectivity index (χ2n) is 14.8. The molecular formula is C53H36N2O. The Morgan fingerprint density at radius 1 is 0.482 bits per heavy atom. The average Bonchev–Trinajstić information content (AvgIpc) is 3.87. The van der Waals surface area contributed by atoms with Crippen LogP contribution < -0.4 is 5.73 Å². The van der Waals surface area contributed by atoms with E-state index in [1.165, 1.54) is 55.6 Å². The van der Waals surface area contributed by atoms with Gasteiger partial charge < -0.3 is 10.2 Å². The molecule has 3 nitrogen and oxygen atoms in total. The van der Waals surface area contributed by atoms with Gasteiger partial charge in [-0.1, -0.05) is 176 Å². The SMILES string of the molecule is Nc1c(/C(=N\Cc2ccccc2)c2ccccc2)oc2ccc(-c3cccc(-c4cccc5c4-c4ccccc4C54c5ccccc5-c5ccccc54)c3)cc12. The summed E-state index contributed by atoms with van der Waals surface area (Å²) in [7, 11) is 0. The molecule has 9 aromatic rings. The van der Waals surface area contributed by atoms with E-state index in [2.05, 4.69) is 152 Å². The van der Waals surface area contributed by atoms with Gasteiger partial charge in [0.2, 0.25) is 0 Å².